The molecule has 0 bridgehead atoms. The maximum absolute atomic E-state index is 13.2. The lowest BCUT2D eigenvalue weighted by molar-refractivity contribution is 0.418. The SMILES string of the molecule is CCCn1c(=O)c2[nH]c(Cc3ccccc3-c3ncon3)nc2n(CCc2ccccc2)c1=O. The summed E-state index contributed by atoms with van der Waals surface area (Å²) in [5.74, 6) is 1.07. The number of nitrogens with one attached hydrogen (secondary N) is 1. The van der Waals surface area contributed by atoms with Gasteiger partial charge in [0.25, 0.3) is 5.56 Å². The lowest BCUT2D eigenvalue weighted by atomic mass is 10.0. The van der Waals surface area contributed by atoms with Crippen LogP contribution < -0.4 is 11.2 Å². The molecule has 0 unspecified atom stereocenters. The van der Waals surface area contributed by atoms with Crippen LogP contribution in [0.4, 0.5) is 0 Å². The van der Waals surface area contributed by atoms with Gasteiger partial charge < -0.3 is 9.51 Å². The van der Waals surface area contributed by atoms with Gasteiger partial charge in [-0.1, -0.05) is 66.7 Å². The first-order valence-corrected chi connectivity index (χ1v) is 11.3. The molecule has 5 aromatic rings. The summed E-state index contributed by atoms with van der Waals surface area (Å²) >= 11 is 0. The second-order valence-corrected chi connectivity index (χ2v) is 8.10. The van der Waals surface area contributed by atoms with Crippen molar-refractivity contribution >= 4 is 11.2 Å². The van der Waals surface area contributed by atoms with E-state index < -0.39 is 0 Å². The summed E-state index contributed by atoms with van der Waals surface area (Å²) in [6.45, 7) is 2.72. The van der Waals surface area contributed by atoms with Gasteiger partial charge in [0.15, 0.2) is 5.65 Å². The summed E-state index contributed by atoms with van der Waals surface area (Å²) in [7, 11) is 0. The van der Waals surface area contributed by atoms with Crippen LogP contribution in [0, 0.1) is 0 Å². The second kappa shape index (κ2) is 9.30. The molecule has 9 nitrogen and oxygen atoms in total. The Labute approximate surface area is 194 Å². The predicted octanol–water partition coefficient (Wildman–Crippen LogP) is 3.18. The highest BCUT2D eigenvalue weighted by Crippen LogP contribution is 2.22. The first kappa shape index (κ1) is 21.6. The Hall–Kier alpha value is -4.27. The fourth-order valence-electron chi connectivity index (χ4n) is 4.17. The number of aromatic nitrogens is 6. The summed E-state index contributed by atoms with van der Waals surface area (Å²) in [5, 5.41) is 3.94. The van der Waals surface area contributed by atoms with Gasteiger partial charge >= 0.3 is 5.69 Å². The van der Waals surface area contributed by atoms with E-state index in [0.29, 0.717) is 55.2 Å². The van der Waals surface area contributed by atoms with Crippen LogP contribution in [0.15, 0.2) is 75.1 Å². The normalized spacial score (nSPS) is 11.3. The average molecular weight is 457 g/mol. The van der Waals surface area contributed by atoms with E-state index in [9.17, 15) is 9.59 Å². The molecule has 9 heteroatoms. The van der Waals surface area contributed by atoms with Gasteiger partial charge in [0.05, 0.1) is 0 Å². The summed E-state index contributed by atoms with van der Waals surface area (Å²) in [6, 6.07) is 17.6. The number of aryl methyl sites for hydroxylation is 2. The Balaban J connectivity index is 1.58. The molecule has 1 N–H and O–H groups in total. The first-order valence-electron chi connectivity index (χ1n) is 11.3. The van der Waals surface area contributed by atoms with Crippen molar-refractivity contribution in [3.63, 3.8) is 0 Å². The summed E-state index contributed by atoms with van der Waals surface area (Å²) in [5.41, 5.74) is 2.90. The van der Waals surface area contributed by atoms with Gasteiger partial charge in [-0.15, -0.1) is 0 Å². The van der Waals surface area contributed by atoms with Gasteiger partial charge in [0.2, 0.25) is 12.2 Å². The first-order chi connectivity index (χ1) is 16.7. The van der Waals surface area contributed by atoms with Gasteiger partial charge in [-0.25, -0.2) is 9.78 Å². The van der Waals surface area contributed by atoms with E-state index in [1.165, 1.54) is 11.0 Å². The minimum atomic E-state index is -0.344. The number of hydrogen-bond donors (Lipinski definition) is 1. The Morgan fingerprint density at radius 2 is 1.76 bits per heavy atom. The molecule has 5 rings (SSSR count). The molecule has 0 amide bonds. The van der Waals surface area contributed by atoms with E-state index >= 15 is 0 Å². The zero-order valence-electron chi connectivity index (χ0n) is 18.8. The molecule has 0 spiro atoms. The molecule has 2 aromatic carbocycles. The molecule has 0 fully saturated rings. The Morgan fingerprint density at radius 3 is 2.53 bits per heavy atom. The van der Waals surface area contributed by atoms with E-state index in [1.807, 2.05) is 61.5 Å². The van der Waals surface area contributed by atoms with E-state index in [-0.39, 0.29) is 11.2 Å². The minimum Gasteiger partial charge on any atom is -0.342 e. The third kappa shape index (κ3) is 4.07. The van der Waals surface area contributed by atoms with E-state index in [0.717, 1.165) is 16.7 Å². The fourth-order valence-corrected chi connectivity index (χ4v) is 4.17. The number of H-pyrrole nitrogens is 1. The Kier molecular flexibility index (Phi) is 5.90. The summed E-state index contributed by atoms with van der Waals surface area (Å²) in [6.07, 6.45) is 3.04. The molecule has 0 saturated heterocycles. The zero-order valence-corrected chi connectivity index (χ0v) is 18.8. The van der Waals surface area contributed by atoms with Crippen LogP contribution in [-0.4, -0.2) is 29.2 Å². The zero-order chi connectivity index (χ0) is 23.5. The van der Waals surface area contributed by atoms with Gasteiger partial charge in [-0.05, 0) is 24.0 Å². The maximum atomic E-state index is 13.2. The van der Waals surface area contributed by atoms with Crippen molar-refractivity contribution in [1.82, 2.24) is 29.2 Å². The van der Waals surface area contributed by atoms with Crippen LogP contribution in [0.1, 0.15) is 30.3 Å². The predicted molar refractivity (Wildman–Crippen MR) is 128 cm³/mol. The highest BCUT2D eigenvalue weighted by molar-refractivity contribution is 5.70. The number of hydrogen-bond acceptors (Lipinski definition) is 6. The topological polar surface area (TPSA) is 112 Å². The minimum absolute atomic E-state index is 0.333. The van der Waals surface area contributed by atoms with Gasteiger partial charge in [0, 0.05) is 25.1 Å². The van der Waals surface area contributed by atoms with Crippen LogP contribution in [0.5, 0.6) is 0 Å². The monoisotopic (exact) mass is 456 g/mol. The van der Waals surface area contributed by atoms with Crippen LogP contribution in [0.2, 0.25) is 0 Å². The standard InChI is InChI=1S/C25H24N6O3/c1-2-13-31-24(32)21-23(30(25(31)33)14-12-17-8-4-3-5-9-17)28-20(27-21)15-18-10-6-7-11-19(18)22-26-16-34-29-22/h3-11,16H,2,12-15H2,1H3,(H,27,28). The molecular weight excluding hydrogens is 432 g/mol. The molecule has 0 aliphatic carbocycles. The van der Waals surface area contributed by atoms with Crippen molar-refractivity contribution in [3.8, 4) is 11.4 Å². The molecule has 172 valence electrons. The summed E-state index contributed by atoms with van der Waals surface area (Å²) in [4.78, 5) is 38.4. The van der Waals surface area contributed by atoms with Crippen LogP contribution in [-0.2, 0) is 25.9 Å². The van der Waals surface area contributed by atoms with Crippen molar-refractivity contribution in [2.75, 3.05) is 0 Å². The van der Waals surface area contributed by atoms with Crippen LogP contribution >= 0.6 is 0 Å². The quantitative estimate of drug-likeness (QED) is 0.384. The number of imidazole rings is 1. The van der Waals surface area contributed by atoms with E-state index in [2.05, 4.69) is 15.1 Å². The van der Waals surface area contributed by atoms with Crippen molar-refractivity contribution in [2.24, 2.45) is 0 Å². The van der Waals surface area contributed by atoms with Crippen LogP contribution in [0.25, 0.3) is 22.6 Å². The molecule has 0 atom stereocenters. The number of benzene rings is 2. The smallest absolute Gasteiger partial charge is 0.332 e. The Bertz CT molecular complexity index is 1530. The van der Waals surface area contributed by atoms with Crippen molar-refractivity contribution in [1.29, 1.82) is 0 Å². The van der Waals surface area contributed by atoms with E-state index in [1.54, 1.807) is 4.57 Å². The average Bonchev–Trinajstić information content (AvgIpc) is 3.54. The largest absolute Gasteiger partial charge is 0.342 e. The maximum Gasteiger partial charge on any atom is 0.332 e. The molecule has 0 aliphatic rings. The fraction of sp³-hybridized carbons (Fsp3) is 0.240. The second-order valence-electron chi connectivity index (χ2n) is 8.10. The molecule has 0 aliphatic heterocycles. The highest BCUT2D eigenvalue weighted by Gasteiger charge is 2.18. The molecular formula is C25H24N6O3. The van der Waals surface area contributed by atoms with Crippen molar-refractivity contribution in [2.45, 2.75) is 39.3 Å². The third-order valence-corrected chi connectivity index (χ3v) is 5.80. The van der Waals surface area contributed by atoms with Crippen LogP contribution in [0.3, 0.4) is 0 Å². The van der Waals surface area contributed by atoms with Gasteiger partial charge in [-0.3, -0.25) is 13.9 Å². The van der Waals surface area contributed by atoms with Gasteiger partial charge in [-0.2, -0.15) is 4.98 Å². The molecule has 34 heavy (non-hydrogen) atoms. The van der Waals surface area contributed by atoms with Crippen molar-refractivity contribution in [3.05, 3.63) is 98.8 Å². The molecule has 3 heterocycles. The molecule has 0 radical (unpaired) electrons. The number of rotatable bonds is 8. The van der Waals surface area contributed by atoms with E-state index in [4.69, 9.17) is 9.51 Å². The summed E-state index contributed by atoms with van der Waals surface area (Å²) < 4.78 is 7.80. The molecule has 3 aromatic heterocycles. The lowest BCUT2D eigenvalue weighted by Crippen LogP contribution is -2.40. The van der Waals surface area contributed by atoms with Crippen molar-refractivity contribution < 1.29 is 4.52 Å². The number of fused-ring (bicyclic) bond motifs is 1. The number of aromatic amines is 1. The highest BCUT2D eigenvalue weighted by atomic mass is 16.5. The Morgan fingerprint density at radius 1 is 0.971 bits per heavy atom. The number of nitrogens with zero attached hydrogens (tertiary/aromatic N) is 5. The molecule has 0 saturated carbocycles. The lowest BCUT2D eigenvalue weighted by Gasteiger charge is -2.10. The third-order valence-electron chi connectivity index (χ3n) is 5.80. The van der Waals surface area contributed by atoms with Gasteiger partial charge in [0.1, 0.15) is 11.3 Å².